The van der Waals surface area contributed by atoms with Gasteiger partial charge in [0.1, 0.15) is 11.3 Å². The van der Waals surface area contributed by atoms with Gasteiger partial charge in [0.2, 0.25) is 0 Å². The molecule has 0 unspecified atom stereocenters. The molecule has 1 aromatic rings. The molecule has 1 saturated heterocycles. The van der Waals surface area contributed by atoms with Crippen molar-refractivity contribution in [2.45, 2.75) is 37.3 Å². The van der Waals surface area contributed by atoms with E-state index in [1.54, 1.807) is 9.47 Å². The predicted molar refractivity (Wildman–Crippen MR) is 72.9 cm³/mol. The second-order valence-electron chi connectivity index (χ2n) is 6.52. The molecule has 21 heavy (non-hydrogen) atoms. The summed E-state index contributed by atoms with van der Waals surface area (Å²) in [5.41, 5.74) is -0.385. The lowest BCUT2D eigenvalue weighted by Gasteiger charge is -2.46. The molecule has 4 rings (SSSR count). The molecule has 3 aliphatic rings. The molecule has 2 saturated carbocycles. The first-order valence-corrected chi connectivity index (χ1v) is 7.36. The van der Waals surface area contributed by atoms with Gasteiger partial charge in [0.05, 0.1) is 24.2 Å². The number of aliphatic hydroxyl groups is 1. The number of hydrogen-bond donors (Lipinski definition) is 1. The quantitative estimate of drug-likeness (QED) is 0.669. The number of hydrogen-bond acceptors (Lipinski definition) is 4. The maximum Gasteiger partial charge on any atom is 0.287 e. The number of amides is 1. The minimum atomic E-state index is -0.724. The highest BCUT2D eigenvalue weighted by Gasteiger charge is 2.53. The Morgan fingerprint density at radius 3 is 2.52 bits per heavy atom. The van der Waals surface area contributed by atoms with E-state index < -0.39 is 10.5 Å². The second-order valence-corrected chi connectivity index (χ2v) is 6.52. The van der Waals surface area contributed by atoms with E-state index in [0.717, 1.165) is 25.7 Å². The molecule has 1 aliphatic heterocycles. The maximum absolute atomic E-state index is 12.5. The third-order valence-electron chi connectivity index (χ3n) is 4.76. The summed E-state index contributed by atoms with van der Waals surface area (Å²) in [6, 6.07) is 1.57. The van der Waals surface area contributed by atoms with Crippen LogP contribution in [-0.4, -0.2) is 44.1 Å². The van der Waals surface area contributed by atoms with E-state index in [1.165, 1.54) is 12.3 Å². The summed E-state index contributed by atoms with van der Waals surface area (Å²) in [4.78, 5) is 24.6. The van der Waals surface area contributed by atoms with Gasteiger partial charge in [0.15, 0.2) is 0 Å². The molecular formula is C14H17N3O4. The van der Waals surface area contributed by atoms with E-state index in [1.807, 2.05) is 0 Å². The van der Waals surface area contributed by atoms with Crippen molar-refractivity contribution in [3.63, 3.8) is 0 Å². The summed E-state index contributed by atoms with van der Waals surface area (Å²) < 4.78 is 1.73. The van der Waals surface area contributed by atoms with Crippen molar-refractivity contribution in [1.29, 1.82) is 0 Å². The molecule has 7 heteroatoms. The van der Waals surface area contributed by atoms with E-state index in [9.17, 15) is 20.0 Å². The van der Waals surface area contributed by atoms with Crippen LogP contribution < -0.4 is 0 Å². The fourth-order valence-electron chi connectivity index (χ4n) is 3.19. The Morgan fingerprint density at radius 2 is 2.00 bits per heavy atom. The van der Waals surface area contributed by atoms with Gasteiger partial charge in [-0.05, 0) is 31.6 Å². The lowest BCUT2D eigenvalue weighted by Crippen LogP contribution is -2.64. The van der Waals surface area contributed by atoms with Crippen LogP contribution in [0, 0.1) is 16.0 Å². The molecule has 2 aliphatic carbocycles. The SMILES string of the molecule is O=C(c1cc([N+](=O)[O-])cn1C1CC1)N1CC(O)(C2CC2)C1. The summed E-state index contributed by atoms with van der Waals surface area (Å²) in [7, 11) is 0. The van der Waals surface area contributed by atoms with Gasteiger partial charge >= 0.3 is 0 Å². The molecule has 3 fully saturated rings. The second kappa shape index (κ2) is 4.07. The zero-order valence-corrected chi connectivity index (χ0v) is 11.6. The Kier molecular flexibility index (Phi) is 2.48. The first-order valence-electron chi connectivity index (χ1n) is 7.36. The number of β-amino-alcohol motifs (C(OH)–C–C–N with tert-alkyl or cyclic N) is 1. The molecule has 0 aromatic carbocycles. The van der Waals surface area contributed by atoms with E-state index in [-0.39, 0.29) is 17.6 Å². The zero-order chi connectivity index (χ0) is 14.8. The van der Waals surface area contributed by atoms with Crippen LogP contribution in [0.3, 0.4) is 0 Å². The fourth-order valence-corrected chi connectivity index (χ4v) is 3.19. The Labute approximate surface area is 121 Å². The smallest absolute Gasteiger partial charge is 0.287 e. The van der Waals surface area contributed by atoms with Crippen LogP contribution in [0.5, 0.6) is 0 Å². The minimum Gasteiger partial charge on any atom is -0.386 e. The van der Waals surface area contributed by atoms with Crippen molar-refractivity contribution in [2.75, 3.05) is 13.1 Å². The normalized spacial score (nSPS) is 23.8. The van der Waals surface area contributed by atoms with Crippen LogP contribution in [0.25, 0.3) is 0 Å². The van der Waals surface area contributed by atoms with E-state index in [4.69, 9.17) is 0 Å². The minimum absolute atomic E-state index is 0.0387. The Bertz CT molecular complexity index is 624. The molecule has 0 spiro atoms. The molecule has 7 nitrogen and oxygen atoms in total. The number of carbonyl (C=O) groups is 1. The van der Waals surface area contributed by atoms with Crippen LogP contribution in [-0.2, 0) is 0 Å². The van der Waals surface area contributed by atoms with Crippen LogP contribution >= 0.6 is 0 Å². The average molecular weight is 291 g/mol. The first-order chi connectivity index (χ1) is 9.98. The zero-order valence-electron chi connectivity index (χ0n) is 11.6. The Hall–Kier alpha value is -1.89. The standard InChI is InChI=1S/C14H17N3O4/c18-13(15-7-14(19,8-15)9-1-2-9)12-5-11(17(20)21)6-16(12)10-3-4-10/h5-6,9-10,19H,1-4,7-8H2. The number of nitro groups is 1. The summed E-state index contributed by atoms with van der Waals surface area (Å²) >= 11 is 0. The predicted octanol–water partition coefficient (Wildman–Crippen LogP) is 1.33. The molecule has 0 atom stereocenters. The third-order valence-corrected chi connectivity index (χ3v) is 4.76. The highest BCUT2D eigenvalue weighted by atomic mass is 16.6. The van der Waals surface area contributed by atoms with Crippen molar-refractivity contribution >= 4 is 11.6 Å². The third kappa shape index (κ3) is 2.03. The summed E-state index contributed by atoms with van der Waals surface area (Å²) in [5.74, 6) is 0.117. The number of carbonyl (C=O) groups excluding carboxylic acids is 1. The highest BCUT2D eigenvalue weighted by Crippen LogP contribution is 2.45. The monoisotopic (exact) mass is 291 g/mol. The van der Waals surface area contributed by atoms with Gasteiger partial charge < -0.3 is 14.6 Å². The summed E-state index contributed by atoms with van der Waals surface area (Å²) in [6.45, 7) is 0.695. The van der Waals surface area contributed by atoms with E-state index in [0.29, 0.717) is 24.7 Å². The lowest BCUT2D eigenvalue weighted by molar-refractivity contribution is -0.384. The van der Waals surface area contributed by atoms with Gasteiger partial charge in [-0.25, -0.2) is 0 Å². The number of likely N-dealkylation sites (tertiary alicyclic amines) is 1. The summed E-state index contributed by atoms with van der Waals surface area (Å²) in [5, 5.41) is 21.2. The molecule has 0 bridgehead atoms. The van der Waals surface area contributed by atoms with E-state index in [2.05, 4.69) is 0 Å². The molecule has 1 aromatic heterocycles. The molecular weight excluding hydrogens is 274 g/mol. The van der Waals surface area contributed by atoms with Crippen molar-refractivity contribution in [3.05, 3.63) is 28.1 Å². The number of rotatable bonds is 4. The van der Waals surface area contributed by atoms with Crippen molar-refractivity contribution in [1.82, 2.24) is 9.47 Å². The van der Waals surface area contributed by atoms with Gasteiger partial charge in [0.25, 0.3) is 11.6 Å². The maximum atomic E-state index is 12.5. The topological polar surface area (TPSA) is 88.6 Å². The molecule has 1 amide bonds. The Balaban J connectivity index is 1.55. The van der Waals surface area contributed by atoms with Crippen molar-refractivity contribution in [3.8, 4) is 0 Å². The van der Waals surface area contributed by atoms with Gasteiger partial charge in [-0.2, -0.15) is 0 Å². The first kappa shape index (κ1) is 12.8. The number of aromatic nitrogens is 1. The highest BCUT2D eigenvalue weighted by molar-refractivity contribution is 5.94. The van der Waals surface area contributed by atoms with Gasteiger partial charge in [-0.3, -0.25) is 14.9 Å². The fraction of sp³-hybridized carbons (Fsp3) is 0.643. The summed E-state index contributed by atoms with van der Waals surface area (Å²) in [6.07, 6.45) is 5.43. The van der Waals surface area contributed by atoms with Gasteiger partial charge in [-0.1, -0.05) is 0 Å². The lowest BCUT2D eigenvalue weighted by atomic mass is 9.88. The van der Waals surface area contributed by atoms with Crippen molar-refractivity contribution < 1.29 is 14.8 Å². The molecule has 1 N–H and O–H groups in total. The van der Waals surface area contributed by atoms with Crippen LogP contribution in [0.15, 0.2) is 12.3 Å². The molecule has 2 heterocycles. The van der Waals surface area contributed by atoms with Crippen molar-refractivity contribution in [2.24, 2.45) is 5.92 Å². The van der Waals surface area contributed by atoms with Crippen LogP contribution in [0.1, 0.15) is 42.2 Å². The number of nitrogens with zero attached hydrogens (tertiary/aromatic N) is 3. The average Bonchev–Trinajstić information content (AvgIpc) is 3.30. The van der Waals surface area contributed by atoms with E-state index >= 15 is 0 Å². The molecule has 112 valence electrons. The van der Waals surface area contributed by atoms with Gasteiger partial charge in [-0.15, -0.1) is 0 Å². The van der Waals surface area contributed by atoms with Crippen LogP contribution in [0.4, 0.5) is 5.69 Å². The largest absolute Gasteiger partial charge is 0.386 e. The molecule has 0 radical (unpaired) electrons. The Morgan fingerprint density at radius 1 is 1.33 bits per heavy atom. The van der Waals surface area contributed by atoms with Crippen LogP contribution in [0.2, 0.25) is 0 Å². The van der Waals surface area contributed by atoms with Gasteiger partial charge in [0, 0.05) is 12.1 Å².